The monoisotopic (exact) mass is 267 g/mol. The third kappa shape index (κ3) is 4.48. The van der Waals surface area contributed by atoms with Crippen LogP contribution in [0.3, 0.4) is 0 Å². The maximum Gasteiger partial charge on any atom is 0.123 e. The molecule has 4 heteroatoms. The van der Waals surface area contributed by atoms with Crippen LogP contribution in [0.5, 0.6) is 5.75 Å². The third-order valence-electron chi connectivity index (χ3n) is 3.29. The zero-order valence-electron chi connectivity index (χ0n) is 11.4. The molecule has 0 aliphatic carbocycles. The van der Waals surface area contributed by atoms with Crippen molar-refractivity contribution in [3.05, 3.63) is 29.6 Å². The quantitative estimate of drug-likeness (QED) is 0.861. The van der Waals surface area contributed by atoms with Crippen LogP contribution in [0.2, 0.25) is 0 Å². The lowest BCUT2D eigenvalue weighted by atomic mass is 10.1. The highest BCUT2D eigenvalue weighted by molar-refractivity contribution is 5.34. The fourth-order valence-electron chi connectivity index (χ4n) is 2.37. The molecule has 2 unspecified atom stereocenters. The summed E-state index contributed by atoms with van der Waals surface area (Å²) in [6.07, 6.45) is 4.07. The lowest BCUT2D eigenvalue weighted by Gasteiger charge is -2.15. The van der Waals surface area contributed by atoms with Crippen LogP contribution >= 0.6 is 0 Å². The molecule has 1 saturated heterocycles. The van der Waals surface area contributed by atoms with Crippen LogP contribution in [0.25, 0.3) is 0 Å². The summed E-state index contributed by atoms with van der Waals surface area (Å²) in [4.78, 5) is 0. The van der Waals surface area contributed by atoms with E-state index in [0.29, 0.717) is 19.1 Å². The molecule has 0 aromatic heterocycles. The van der Waals surface area contributed by atoms with E-state index < -0.39 is 0 Å². The Balaban J connectivity index is 1.90. The van der Waals surface area contributed by atoms with Gasteiger partial charge in [-0.15, -0.1) is 0 Å². The van der Waals surface area contributed by atoms with Crippen LogP contribution in [0, 0.1) is 5.82 Å². The smallest absolute Gasteiger partial charge is 0.123 e. The Morgan fingerprint density at radius 1 is 1.53 bits per heavy atom. The van der Waals surface area contributed by atoms with Gasteiger partial charge >= 0.3 is 0 Å². The molecule has 0 spiro atoms. The lowest BCUT2D eigenvalue weighted by molar-refractivity contribution is 0.0902. The SMILES string of the molecule is CC(N)Cc1cc(F)ccc1OCCC1CCCO1. The second kappa shape index (κ2) is 6.87. The standard InChI is InChI=1S/C15H22FNO2/c1-11(17)9-12-10-13(16)4-5-15(12)19-8-6-14-3-2-7-18-14/h4-5,10-11,14H,2-3,6-9,17H2,1H3. The van der Waals surface area contributed by atoms with Gasteiger partial charge in [0, 0.05) is 19.1 Å². The van der Waals surface area contributed by atoms with Gasteiger partial charge in [0.15, 0.2) is 0 Å². The normalized spacial score (nSPS) is 20.5. The fourth-order valence-corrected chi connectivity index (χ4v) is 2.37. The van der Waals surface area contributed by atoms with Gasteiger partial charge in [0.05, 0.1) is 12.7 Å². The van der Waals surface area contributed by atoms with Crippen molar-refractivity contribution in [1.82, 2.24) is 0 Å². The second-order valence-electron chi connectivity index (χ2n) is 5.21. The van der Waals surface area contributed by atoms with Crippen LogP contribution in [0.4, 0.5) is 4.39 Å². The van der Waals surface area contributed by atoms with Gasteiger partial charge in [0.1, 0.15) is 11.6 Å². The molecular weight excluding hydrogens is 245 g/mol. The Kier molecular flexibility index (Phi) is 5.16. The molecule has 1 aliphatic rings. The maximum atomic E-state index is 13.2. The largest absolute Gasteiger partial charge is 0.493 e. The molecule has 0 amide bonds. The van der Waals surface area contributed by atoms with Crippen molar-refractivity contribution in [1.29, 1.82) is 0 Å². The third-order valence-corrected chi connectivity index (χ3v) is 3.29. The molecule has 0 radical (unpaired) electrons. The Bertz CT molecular complexity index is 403. The Morgan fingerprint density at radius 3 is 3.05 bits per heavy atom. The van der Waals surface area contributed by atoms with Gasteiger partial charge in [0.2, 0.25) is 0 Å². The molecule has 1 aliphatic heterocycles. The molecule has 2 rings (SSSR count). The van der Waals surface area contributed by atoms with Gasteiger partial charge in [-0.25, -0.2) is 4.39 Å². The van der Waals surface area contributed by atoms with Crippen molar-refractivity contribution < 1.29 is 13.9 Å². The molecule has 1 aromatic rings. The summed E-state index contributed by atoms with van der Waals surface area (Å²) >= 11 is 0. The van der Waals surface area contributed by atoms with E-state index in [0.717, 1.165) is 37.2 Å². The van der Waals surface area contributed by atoms with Crippen molar-refractivity contribution >= 4 is 0 Å². The zero-order chi connectivity index (χ0) is 13.7. The minimum atomic E-state index is -0.248. The van der Waals surface area contributed by atoms with Crippen LogP contribution in [0.15, 0.2) is 18.2 Å². The average molecular weight is 267 g/mol. The highest BCUT2D eigenvalue weighted by Crippen LogP contribution is 2.22. The molecule has 1 fully saturated rings. The molecule has 2 N–H and O–H groups in total. The number of rotatable bonds is 6. The summed E-state index contributed by atoms with van der Waals surface area (Å²) in [5.74, 6) is 0.485. The highest BCUT2D eigenvalue weighted by atomic mass is 19.1. The summed E-state index contributed by atoms with van der Waals surface area (Å²) in [5.41, 5.74) is 6.61. The van der Waals surface area contributed by atoms with Gasteiger partial charge in [0.25, 0.3) is 0 Å². The molecule has 0 saturated carbocycles. The summed E-state index contributed by atoms with van der Waals surface area (Å²) in [6, 6.07) is 4.60. The van der Waals surface area contributed by atoms with E-state index in [4.69, 9.17) is 15.2 Å². The van der Waals surface area contributed by atoms with E-state index >= 15 is 0 Å². The number of hydrogen-bond donors (Lipinski definition) is 1. The van der Waals surface area contributed by atoms with E-state index in [1.54, 1.807) is 6.07 Å². The summed E-state index contributed by atoms with van der Waals surface area (Å²) in [5, 5.41) is 0. The van der Waals surface area contributed by atoms with Crippen LogP contribution in [-0.4, -0.2) is 25.4 Å². The van der Waals surface area contributed by atoms with Crippen molar-refractivity contribution in [2.45, 2.75) is 44.8 Å². The number of ether oxygens (including phenoxy) is 2. The predicted octanol–water partition coefficient (Wildman–Crippen LogP) is 2.66. The first-order valence-corrected chi connectivity index (χ1v) is 6.93. The first-order valence-electron chi connectivity index (χ1n) is 6.93. The van der Waals surface area contributed by atoms with E-state index in [1.165, 1.54) is 12.1 Å². The van der Waals surface area contributed by atoms with Gasteiger partial charge < -0.3 is 15.2 Å². The molecule has 0 bridgehead atoms. The van der Waals surface area contributed by atoms with E-state index in [2.05, 4.69) is 0 Å². The molecule has 106 valence electrons. The van der Waals surface area contributed by atoms with Crippen LogP contribution in [0.1, 0.15) is 31.7 Å². The molecule has 2 atom stereocenters. The van der Waals surface area contributed by atoms with Gasteiger partial charge in [-0.3, -0.25) is 0 Å². The van der Waals surface area contributed by atoms with Crippen molar-refractivity contribution in [2.24, 2.45) is 5.73 Å². The zero-order valence-corrected chi connectivity index (χ0v) is 11.4. The van der Waals surface area contributed by atoms with Gasteiger partial charge in [-0.2, -0.15) is 0 Å². The average Bonchev–Trinajstić information content (AvgIpc) is 2.84. The first-order chi connectivity index (χ1) is 9.15. The first kappa shape index (κ1) is 14.3. The molecule has 1 heterocycles. The number of halogens is 1. The lowest BCUT2D eigenvalue weighted by Crippen LogP contribution is -2.19. The summed E-state index contributed by atoms with van der Waals surface area (Å²) in [6.45, 7) is 3.36. The summed E-state index contributed by atoms with van der Waals surface area (Å²) in [7, 11) is 0. The minimum Gasteiger partial charge on any atom is -0.493 e. The van der Waals surface area contributed by atoms with E-state index in [1.807, 2.05) is 6.92 Å². The number of hydrogen-bond acceptors (Lipinski definition) is 3. The molecule has 1 aromatic carbocycles. The number of nitrogens with two attached hydrogens (primary N) is 1. The van der Waals surface area contributed by atoms with E-state index in [9.17, 15) is 4.39 Å². The van der Waals surface area contributed by atoms with Gasteiger partial charge in [-0.05, 0) is 49.9 Å². The van der Waals surface area contributed by atoms with Crippen LogP contribution < -0.4 is 10.5 Å². The molecule has 19 heavy (non-hydrogen) atoms. The van der Waals surface area contributed by atoms with Crippen molar-refractivity contribution in [3.8, 4) is 5.75 Å². The number of benzene rings is 1. The summed E-state index contributed by atoms with van der Waals surface area (Å²) < 4.78 is 24.5. The Labute approximate surface area is 113 Å². The predicted molar refractivity (Wildman–Crippen MR) is 72.8 cm³/mol. The van der Waals surface area contributed by atoms with Crippen molar-refractivity contribution in [3.63, 3.8) is 0 Å². The Morgan fingerprint density at radius 2 is 2.37 bits per heavy atom. The van der Waals surface area contributed by atoms with Crippen LogP contribution in [-0.2, 0) is 11.2 Å². The second-order valence-corrected chi connectivity index (χ2v) is 5.21. The van der Waals surface area contributed by atoms with Crippen molar-refractivity contribution in [2.75, 3.05) is 13.2 Å². The Hall–Kier alpha value is -1.13. The highest BCUT2D eigenvalue weighted by Gasteiger charge is 2.15. The topological polar surface area (TPSA) is 44.5 Å². The van der Waals surface area contributed by atoms with Gasteiger partial charge in [-0.1, -0.05) is 0 Å². The fraction of sp³-hybridized carbons (Fsp3) is 0.600. The minimum absolute atomic E-state index is 0.0117. The molecule has 3 nitrogen and oxygen atoms in total. The van der Waals surface area contributed by atoms with E-state index in [-0.39, 0.29) is 11.9 Å². The molecular formula is C15H22FNO2. The maximum absolute atomic E-state index is 13.2.